The molecule has 0 bridgehead atoms. The number of rotatable bonds is 5. The normalized spacial score (nSPS) is 14.1. The number of fused-ring (bicyclic) bond motifs is 1. The van der Waals surface area contributed by atoms with Gasteiger partial charge in [0, 0.05) is 6.07 Å². The number of guanidine groups is 1. The Morgan fingerprint density at radius 1 is 1.39 bits per heavy atom. The lowest BCUT2D eigenvalue weighted by molar-refractivity contribution is 0.114. The number of nitrogens with zero attached hydrogens (tertiary/aromatic N) is 1. The molecule has 0 saturated carbocycles. The highest BCUT2D eigenvalue weighted by Crippen LogP contribution is 2.35. The summed E-state index contributed by atoms with van der Waals surface area (Å²) < 4.78 is 15.8. The fraction of sp³-hybridized carbons (Fsp3) is 0.364. The van der Waals surface area contributed by atoms with E-state index in [0.29, 0.717) is 17.2 Å². The highest BCUT2D eigenvalue weighted by molar-refractivity contribution is 5.75. The second kappa shape index (κ2) is 5.46. The zero-order valence-corrected chi connectivity index (χ0v) is 9.70. The molecule has 1 aliphatic rings. The third-order valence-electron chi connectivity index (χ3n) is 2.27. The van der Waals surface area contributed by atoms with Crippen LogP contribution >= 0.6 is 0 Å². The van der Waals surface area contributed by atoms with Crippen LogP contribution in [0.4, 0.5) is 0 Å². The maximum atomic E-state index is 9.55. The van der Waals surface area contributed by atoms with Crippen molar-refractivity contribution in [3.8, 4) is 17.2 Å². The molecular formula is C11H15N3O4. The summed E-state index contributed by atoms with van der Waals surface area (Å²) in [5.74, 6) is 1.84. The lowest BCUT2D eigenvalue weighted by Crippen LogP contribution is -2.27. The van der Waals surface area contributed by atoms with E-state index in [2.05, 4.69) is 4.99 Å². The zero-order valence-electron chi connectivity index (χ0n) is 9.70. The predicted molar refractivity (Wildman–Crippen MR) is 64.7 cm³/mol. The van der Waals surface area contributed by atoms with Crippen LogP contribution in [0, 0.1) is 0 Å². The second-order valence-electron chi connectivity index (χ2n) is 3.75. The average Bonchev–Trinajstić information content (AvgIpc) is 2.81. The monoisotopic (exact) mass is 253 g/mol. The minimum absolute atomic E-state index is 0.0582. The molecule has 1 heterocycles. The number of aliphatic hydroxyl groups is 1. The molecule has 0 unspecified atom stereocenters. The molecule has 0 radical (unpaired) electrons. The minimum atomic E-state index is -0.766. The molecule has 98 valence electrons. The summed E-state index contributed by atoms with van der Waals surface area (Å²) in [6.07, 6.45) is -0.766. The lowest BCUT2D eigenvalue weighted by atomic mass is 10.3. The van der Waals surface area contributed by atoms with Crippen LogP contribution in [0.2, 0.25) is 0 Å². The summed E-state index contributed by atoms with van der Waals surface area (Å²) in [6.45, 7) is 0.412. The Morgan fingerprint density at radius 3 is 2.94 bits per heavy atom. The third kappa shape index (κ3) is 3.17. The number of benzene rings is 1. The first kappa shape index (κ1) is 12.3. The Labute approximate surface area is 104 Å². The van der Waals surface area contributed by atoms with Gasteiger partial charge in [-0.1, -0.05) is 0 Å². The van der Waals surface area contributed by atoms with Crippen LogP contribution in [0.3, 0.4) is 0 Å². The Kier molecular flexibility index (Phi) is 3.73. The molecule has 0 saturated heterocycles. The van der Waals surface area contributed by atoms with Gasteiger partial charge in [-0.3, -0.25) is 4.99 Å². The van der Waals surface area contributed by atoms with Crippen LogP contribution < -0.4 is 25.7 Å². The van der Waals surface area contributed by atoms with Crippen molar-refractivity contribution in [2.45, 2.75) is 6.10 Å². The van der Waals surface area contributed by atoms with Gasteiger partial charge in [0.15, 0.2) is 17.5 Å². The quantitative estimate of drug-likeness (QED) is 0.478. The first-order chi connectivity index (χ1) is 8.65. The molecule has 0 fully saturated rings. The van der Waals surface area contributed by atoms with E-state index in [9.17, 15) is 5.11 Å². The molecule has 0 aromatic heterocycles. The van der Waals surface area contributed by atoms with Crippen molar-refractivity contribution in [1.82, 2.24) is 0 Å². The van der Waals surface area contributed by atoms with Gasteiger partial charge in [-0.15, -0.1) is 0 Å². The minimum Gasteiger partial charge on any atom is -0.491 e. The Bertz CT molecular complexity index is 446. The third-order valence-corrected chi connectivity index (χ3v) is 2.27. The Morgan fingerprint density at radius 2 is 2.17 bits per heavy atom. The SMILES string of the molecule is NC(N)=NC[C@H](O)COc1ccc2c(c1)OCO2. The summed E-state index contributed by atoms with van der Waals surface area (Å²) in [5.41, 5.74) is 10.3. The summed E-state index contributed by atoms with van der Waals surface area (Å²) in [7, 11) is 0. The average molecular weight is 253 g/mol. The van der Waals surface area contributed by atoms with Crippen LogP contribution in [0.15, 0.2) is 23.2 Å². The van der Waals surface area contributed by atoms with Gasteiger partial charge >= 0.3 is 0 Å². The Balaban J connectivity index is 1.85. The molecule has 0 aliphatic carbocycles. The standard InChI is InChI=1S/C11H15N3O4/c12-11(13)14-4-7(15)5-16-8-1-2-9-10(3-8)18-6-17-9/h1-3,7,15H,4-6H2,(H4,12,13,14)/t7-/m0/s1. The van der Waals surface area contributed by atoms with E-state index in [1.54, 1.807) is 18.2 Å². The first-order valence-corrected chi connectivity index (χ1v) is 5.41. The largest absolute Gasteiger partial charge is 0.491 e. The van der Waals surface area contributed by atoms with Gasteiger partial charge in [0.25, 0.3) is 0 Å². The van der Waals surface area contributed by atoms with Crippen molar-refractivity contribution in [2.24, 2.45) is 16.5 Å². The van der Waals surface area contributed by atoms with Gasteiger partial charge in [0.05, 0.1) is 6.54 Å². The van der Waals surface area contributed by atoms with Crippen LogP contribution in [0.25, 0.3) is 0 Å². The van der Waals surface area contributed by atoms with Crippen LogP contribution in [0.1, 0.15) is 0 Å². The fourth-order valence-electron chi connectivity index (χ4n) is 1.42. The number of nitrogens with two attached hydrogens (primary N) is 2. The van der Waals surface area contributed by atoms with Crippen LogP contribution in [-0.4, -0.2) is 37.1 Å². The molecule has 1 aromatic carbocycles. The van der Waals surface area contributed by atoms with Gasteiger partial charge in [-0.25, -0.2) is 0 Å². The van der Waals surface area contributed by atoms with Crippen molar-refractivity contribution in [3.05, 3.63) is 18.2 Å². The molecular weight excluding hydrogens is 238 g/mol. The van der Waals surface area contributed by atoms with E-state index in [4.69, 9.17) is 25.7 Å². The molecule has 0 spiro atoms. The van der Waals surface area contributed by atoms with E-state index >= 15 is 0 Å². The lowest BCUT2D eigenvalue weighted by Gasteiger charge is -2.10. The molecule has 7 heteroatoms. The maximum Gasteiger partial charge on any atom is 0.231 e. The molecule has 0 amide bonds. The predicted octanol–water partition coefficient (Wildman–Crippen LogP) is -0.572. The van der Waals surface area contributed by atoms with Crippen molar-refractivity contribution in [2.75, 3.05) is 19.9 Å². The topological polar surface area (TPSA) is 112 Å². The van der Waals surface area contributed by atoms with Crippen LogP contribution in [-0.2, 0) is 0 Å². The fourth-order valence-corrected chi connectivity index (χ4v) is 1.42. The highest BCUT2D eigenvalue weighted by Gasteiger charge is 2.14. The number of aliphatic imine (C=N–C) groups is 1. The number of hydrogen-bond donors (Lipinski definition) is 3. The van der Waals surface area contributed by atoms with Gasteiger partial charge in [0.2, 0.25) is 6.79 Å². The molecule has 18 heavy (non-hydrogen) atoms. The molecule has 1 aromatic rings. The number of ether oxygens (including phenoxy) is 3. The zero-order chi connectivity index (χ0) is 13.0. The van der Waals surface area contributed by atoms with E-state index in [1.807, 2.05) is 0 Å². The van der Waals surface area contributed by atoms with Gasteiger partial charge in [-0.2, -0.15) is 0 Å². The van der Waals surface area contributed by atoms with Gasteiger partial charge in [-0.05, 0) is 12.1 Å². The summed E-state index contributed by atoms with van der Waals surface area (Å²) in [6, 6.07) is 5.19. The molecule has 1 atom stereocenters. The van der Waals surface area contributed by atoms with Crippen molar-refractivity contribution in [3.63, 3.8) is 0 Å². The molecule has 5 N–H and O–H groups in total. The van der Waals surface area contributed by atoms with Gasteiger partial charge < -0.3 is 30.8 Å². The van der Waals surface area contributed by atoms with E-state index in [-0.39, 0.29) is 25.9 Å². The second-order valence-corrected chi connectivity index (χ2v) is 3.75. The number of hydrogen-bond acceptors (Lipinski definition) is 5. The van der Waals surface area contributed by atoms with Crippen molar-refractivity contribution < 1.29 is 19.3 Å². The smallest absolute Gasteiger partial charge is 0.231 e. The summed E-state index contributed by atoms with van der Waals surface area (Å²) in [5, 5.41) is 9.55. The van der Waals surface area contributed by atoms with Gasteiger partial charge in [0.1, 0.15) is 18.5 Å². The van der Waals surface area contributed by atoms with E-state index in [1.165, 1.54) is 0 Å². The molecule has 7 nitrogen and oxygen atoms in total. The first-order valence-electron chi connectivity index (χ1n) is 5.41. The van der Waals surface area contributed by atoms with E-state index < -0.39 is 6.10 Å². The van der Waals surface area contributed by atoms with Crippen LogP contribution in [0.5, 0.6) is 17.2 Å². The van der Waals surface area contributed by atoms with E-state index in [0.717, 1.165) is 0 Å². The molecule has 1 aliphatic heterocycles. The van der Waals surface area contributed by atoms with Crippen molar-refractivity contribution in [1.29, 1.82) is 0 Å². The van der Waals surface area contributed by atoms with Crippen molar-refractivity contribution >= 4 is 5.96 Å². The maximum absolute atomic E-state index is 9.55. The highest BCUT2D eigenvalue weighted by atomic mass is 16.7. The Hall–Kier alpha value is -2.15. The number of aliphatic hydroxyl groups excluding tert-OH is 1. The summed E-state index contributed by atoms with van der Waals surface area (Å²) >= 11 is 0. The summed E-state index contributed by atoms with van der Waals surface area (Å²) in [4.78, 5) is 3.69. The molecule has 2 rings (SSSR count).